The van der Waals surface area contributed by atoms with Crippen LogP contribution in [0.3, 0.4) is 0 Å². The van der Waals surface area contributed by atoms with Gasteiger partial charge < -0.3 is 10.1 Å². The van der Waals surface area contributed by atoms with Crippen molar-refractivity contribution < 1.29 is 4.74 Å². The summed E-state index contributed by atoms with van der Waals surface area (Å²) >= 11 is 0. The maximum atomic E-state index is 5.23. The second kappa shape index (κ2) is 7.53. The molecule has 1 aromatic heterocycles. The van der Waals surface area contributed by atoms with E-state index >= 15 is 0 Å². The molecule has 0 aliphatic heterocycles. The van der Waals surface area contributed by atoms with E-state index in [9.17, 15) is 0 Å². The molecule has 1 N–H and O–H groups in total. The summed E-state index contributed by atoms with van der Waals surface area (Å²) in [5.41, 5.74) is 0. The first-order valence-electron chi connectivity index (χ1n) is 5.19. The minimum absolute atomic E-state index is 0.813. The van der Waals surface area contributed by atoms with Crippen LogP contribution < -0.4 is 5.32 Å². The van der Waals surface area contributed by atoms with Gasteiger partial charge in [0.15, 0.2) is 0 Å². The van der Waals surface area contributed by atoms with E-state index in [2.05, 4.69) is 10.4 Å². The number of aromatic nitrogens is 2. The van der Waals surface area contributed by atoms with Crippen LogP contribution in [0.15, 0.2) is 18.5 Å². The van der Waals surface area contributed by atoms with Crippen LogP contribution in [0.5, 0.6) is 0 Å². The monoisotopic (exact) mass is 197 g/mol. The van der Waals surface area contributed by atoms with Crippen molar-refractivity contribution in [3.05, 3.63) is 18.5 Å². The van der Waals surface area contributed by atoms with Crippen LogP contribution in [0.2, 0.25) is 0 Å². The Morgan fingerprint density at radius 3 is 3.07 bits per heavy atom. The summed E-state index contributed by atoms with van der Waals surface area (Å²) in [5, 5.41) is 7.46. The lowest BCUT2D eigenvalue weighted by molar-refractivity contribution is 0.144. The molecule has 0 fully saturated rings. The molecule has 4 heteroatoms. The molecule has 80 valence electrons. The lowest BCUT2D eigenvalue weighted by atomic mass is 10.4. The van der Waals surface area contributed by atoms with Gasteiger partial charge in [0.05, 0.1) is 6.54 Å². The molecule has 0 saturated heterocycles. The molecule has 0 atom stereocenters. The van der Waals surface area contributed by atoms with Crippen molar-refractivity contribution in [2.75, 3.05) is 26.3 Å². The van der Waals surface area contributed by atoms with Gasteiger partial charge in [-0.25, -0.2) is 0 Å². The largest absolute Gasteiger partial charge is 0.382 e. The molecule has 0 amide bonds. The molecule has 0 saturated carbocycles. The molecule has 1 aromatic rings. The zero-order valence-electron chi connectivity index (χ0n) is 8.78. The summed E-state index contributed by atoms with van der Waals surface area (Å²) in [6.07, 6.45) is 4.85. The highest BCUT2D eigenvalue weighted by molar-refractivity contribution is 4.77. The molecule has 0 aliphatic carbocycles. The van der Waals surface area contributed by atoms with Gasteiger partial charge in [0.25, 0.3) is 0 Å². The van der Waals surface area contributed by atoms with Gasteiger partial charge in [-0.1, -0.05) is 0 Å². The van der Waals surface area contributed by atoms with Gasteiger partial charge in [-0.15, -0.1) is 0 Å². The third kappa shape index (κ3) is 4.99. The molecule has 1 rings (SSSR count). The van der Waals surface area contributed by atoms with Crippen LogP contribution in [0.1, 0.15) is 13.3 Å². The molecule has 14 heavy (non-hydrogen) atoms. The quantitative estimate of drug-likeness (QED) is 0.629. The van der Waals surface area contributed by atoms with E-state index in [1.807, 2.05) is 23.9 Å². The maximum Gasteiger partial charge on any atom is 0.0533 e. The first kappa shape index (κ1) is 11.2. The summed E-state index contributed by atoms with van der Waals surface area (Å²) in [6, 6.07) is 1.94. The average Bonchev–Trinajstić information content (AvgIpc) is 2.69. The molecule has 4 nitrogen and oxygen atoms in total. The van der Waals surface area contributed by atoms with E-state index in [1.54, 1.807) is 6.20 Å². The normalized spacial score (nSPS) is 10.6. The number of ether oxygens (including phenoxy) is 1. The molecule has 0 aromatic carbocycles. The Labute approximate surface area is 85.3 Å². The molecule has 0 radical (unpaired) electrons. The third-order valence-electron chi connectivity index (χ3n) is 1.92. The Bertz CT molecular complexity index is 211. The highest BCUT2D eigenvalue weighted by Gasteiger charge is 1.90. The third-order valence-corrected chi connectivity index (χ3v) is 1.92. The van der Waals surface area contributed by atoms with E-state index in [0.717, 1.165) is 39.3 Å². The molecular weight excluding hydrogens is 178 g/mol. The minimum Gasteiger partial charge on any atom is -0.382 e. The summed E-state index contributed by atoms with van der Waals surface area (Å²) < 4.78 is 7.15. The maximum absolute atomic E-state index is 5.23. The van der Waals surface area contributed by atoms with Crippen LogP contribution >= 0.6 is 0 Å². The Hall–Kier alpha value is -0.870. The van der Waals surface area contributed by atoms with Crippen LogP contribution in [-0.2, 0) is 11.3 Å². The second-order valence-corrected chi connectivity index (χ2v) is 3.07. The first-order valence-corrected chi connectivity index (χ1v) is 5.19. The average molecular weight is 197 g/mol. The zero-order chi connectivity index (χ0) is 10.1. The van der Waals surface area contributed by atoms with Gasteiger partial charge in [-0.2, -0.15) is 5.10 Å². The summed E-state index contributed by atoms with van der Waals surface area (Å²) in [6.45, 7) is 6.60. The van der Waals surface area contributed by atoms with Crippen molar-refractivity contribution in [3.8, 4) is 0 Å². The summed E-state index contributed by atoms with van der Waals surface area (Å²) in [4.78, 5) is 0. The van der Waals surface area contributed by atoms with Gasteiger partial charge in [0.2, 0.25) is 0 Å². The number of nitrogens with zero attached hydrogens (tertiary/aromatic N) is 2. The Kier molecular flexibility index (Phi) is 6.02. The summed E-state index contributed by atoms with van der Waals surface area (Å²) in [7, 11) is 0. The van der Waals surface area contributed by atoms with Crippen molar-refractivity contribution in [1.82, 2.24) is 15.1 Å². The Morgan fingerprint density at radius 2 is 2.36 bits per heavy atom. The molecule has 0 spiro atoms. The van der Waals surface area contributed by atoms with Gasteiger partial charge >= 0.3 is 0 Å². The van der Waals surface area contributed by atoms with E-state index in [4.69, 9.17) is 4.74 Å². The van der Waals surface area contributed by atoms with Crippen LogP contribution in [-0.4, -0.2) is 36.1 Å². The number of hydrogen-bond donors (Lipinski definition) is 1. The number of hydrogen-bond acceptors (Lipinski definition) is 3. The molecule has 1 heterocycles. The smallest absolute Gasteiger partial charge is 0.0533 e. The lowest BCUT2D eigenvalue weighted by Crippen LogP contribution is -2.22. The fourth-order valence-corrected chi connectivity index (χ4v) is 1.19. The van der Waals surface area contributed by atoms with Crippen LogP contribution in [0.25, 0.3) is 0 Å². The topological polar surface area (TPSA) is 39.1 Å². The molecule has 0 unspecified atom stereocenters. The predicted octanol–water partition coefficient (Wildman–Crippen LogP) is 0.899. The van der Waals surface area contributed by atoms with Crippen molar-refractivity contribution in [2.24, 2.45) is 0 Å². The fourth-order valence-electron chi connectivity index (χ4n) is 1.19. The van der Waals surface area contributed by atoms with Gasteiger partial charge in [0.1, 0.15) is 0 Å². The molecule has 0 aliphatic rings. The number of rotatable bonds is 8. The van der Waals surface area contributed by atoms with Crippen molar-refractivity contribution in [3.63, 3.8) is 0 Å². The lowest BCUT2D eigenvalue weighted by Gasteiger charge is -2.04. The molecule has 0 bridgehead atoms. The van der Waals surface area contributed by atoms with E-state index in [-0.39, 0.29) is 0 Å². The molecular formula is C10H19N3O. The standard InChI is InChI=1S/C10H19N3O/c1-2-14-10-4-5-11-7-9-13-8-3-6-12-13/h3,6,8,11H,2,4-5,7,9-10H2,1H3. The zero-order valence-corrected chi connectivity index (χ0v) is 8.78. The van der Waals surface area contributed by atoms with Gasteiger partial charge in [-0.05, 0) is 26.0 Å². The van der Waals surface area contributed by atoms with E-state index in [1.165, 1.54) is 0 Å². The first-order chi connectivity index (χ1) is 6.93. The highest BCUT2D eigenvalue weighted by atomic mass is 16.5. The number of nitrogens with one attached hydrogen (secondary N) is 1. The van der Waals surface area contributed by atoms with Crippen molar-refractivity contribution >= 4 is 0 Å². The Balaban J connectivity index is 1.85. The van der Waals surface area contributed by atoms with Gasteiger partial charge in [0, 0.05) is 32.2 Å². The minimum atomic E-state index is 0.813. The SMILES string of the molecule is CCOCCCNCCn1cccn1. The second-order valence-electron chi connectivity index (χ2n) is 3.07. The van der Waals surface area contributed by atoms with Gasteiger partial charge in [-0.3, -0.25) is 4.68 Å². The van der Waals surface area contributed by atoms with E-state index < -0.39 is 0 Å². The van der Waals surface area contributed by atoms with Crippen molar-refractivity contribution in [2.45, 2.75) is 19.9 Å². The summed E-state index contributed by atoms with van der Waals surface area (Å²) in [5.74, 6) is 0. The van der Waals surface area contributed by atoms with E-state index in [0.29, 0.717) is 0 Å². The van der Waals surface area contributed by atoms with Crippen molar-refractivity contribution in [1.29, 1.82) is 0 Å². The fraction of sp³-hybridized carbons (Fsp3) is 0.700. The highest BCUT2D eigenvalue weighted by Crippen LogP contribution is 1.83. The van der Waals surface area contributed by atoms with Crippen LogP contribution in [0, 0.1) is 0 Å². The predicted molar refractivity (Wildman–Crippen MR) is 56.2 cm³/mol. The Morgan fingerprint density at radius 1 is 1.43 bits per heavy atom. The van der Waals surface area contributed by atoms with Crippen LogP contribution in [0.4, 0.5) is 0 Å².